The first-order valence-corrected chi connectivity index (χ1v) is 5.90. The SMILES string of the molecule is CCOc1cccc(C(=O)NC(C(=O)O)C(C)O)c1. The van der Waals surface area contributed by atoms with Crippen molar-refractivity contribution in [3.8, 4) is 5.75 Å². The Morgan fingerprint density at radius 3 is 2.63 bits per heavy atom. The quantitative estimate of drug-likeness (QED) is 0.703. The van der Waals surface area contributed by atoms with Crippen molar-refractivity contribution in [3.05, 3.63) is 29.8 Å². The normalized spacial score (nSPS) is 13.4. The Bertz CT molecular complexity index is 458. The number of carboxylic acid groups (broad SMARTS) is 1. The number of aliphatic carboxylic acids is 1. The van der Waals surface area contributed by atoms with Gasteiger partial charge >= 0.3 is 5.97 Å². The van der Waals surface area contributed by atoms with E-state index in [1.807, 2.05) is 6.92 Å². The largest absolute Gasteiger partial charge is 0.494 e. The van der Waals surface area contributed by atoms with Crippen molar-refractivity contribution in [2.45, 2.75) is 26.0 Å². The zero-order valence-electron chi connectivity index (χ0n) is 10.8. The Morgan fingerprint density at radius 1 is 1.42 bits per heavy atom. The summed E-state index contributed by atoms with van der Waals surface area (Å²) >= 11 is 0. The summed E-state index contributed by atoms with van der Waals surface area (Å²) in [6.07, 6.45) is -1.18. The van der Waals surface area contributed by atoms with Gasteiger partial charge in [-0.25, -0.2) is 4.79 Å². The van der Waals surface area contributed by atoms with Gasteiger partial charge < -0.3 is 20.3 Å². The van der Waals surface area contributed by atoms with Crippen LogP contribution in [0.1, 0.15) is 24.2 Å². The van der Waals surface area contributed by atoms with Gasteiger partial charge in [-0.1, -0.05) is 6.07 Å². The van der Waals surface area contributed by atoms with Gasteiger partial charge in [-0.15, -0.1) is 0 Å². The molecule has 0 bridgehead atoms. The zero-order chi connectivity index (χ0) is 14.4. The third kappa shape index (κ3) is 4.26. The molecule has 6 heteroatoms. The van der Waals surface area contributed by atoms with E-state index >= 15 is 0 Å². The molecule has 0 heterocycles. The topological polar surface area (TPSA) is 95.9 Å². The second-order valence-electron chi connectivity index (χ2n) is 3.99. The number of carbonyl (C=O) groups excluding carboxylic acids is 1. The zero-order valence-corrected chi connectivity index (χ0v) is 10.8. The maximum Gasteiger partial charge on any atom is 0.328 e. The van der Waals surface area contributed by atoms with Crippen molar-refractivity contribution in [1.82, 2.24) is 5.32 Å². The van der Waals surface area contributed by atoms with Gasteiger partial charge in [-0.05, 0) is 32.0 Å². The molecule has 0 spiro atoms. The van der Waals surface area contributed by atoms with Crippen LogP contribution in [0.15, 0.2) is 24.3 Å². The molecule has 19 heavy (non-hydrogen) atoms. The van der Waals surface area contributed by atoms with Crippen molar-refractivity contribution in [2.24, 2.45) is 0 Å². The number of hydrogen-bond donors (Lipinski definition) is 3. The lowest BCUT2D eigenvalue weighted by Crippen LogP contribution is -2.47. The molecule has 3 N–H and O–H groups in total. The summed E-state index contributed by atoms with van der Waals surface area (Å²) in [5.41, 5.74) is 0.276. The van der Waals surface area contributed by atoms with Crippen LogP contribution < -0.4 is 10.1 Å². The lowest BCUT2D eigenvalue weighted by atomic mass is 10.1. The van der Waals surface area contributed by atoms with Crippen LogP contribution in [0, 0.1) is 0 Å². The molecule has 2 unspecified atom stereocenters. The first kappa shape index (κ1) is 15.0. The lowest BCUT2D eigenvalue weighted by Gasteiger charge is -2.17. The molecule has 0 fully saturated rings. The van der Waals surface area contributed by atoms with E-state index < -0.39 is 24.0 Å². The number of carboxylic acids is 1. The second kappa shape index (κ2) is 6.75. The maximum absolute atomic E-state index is 11.9. The summed E-state index contributed by atoms with van der Waals surface area (Å²) in [7, 11) is 0. The summed E-state index contributed by atoms with van der Waals surface area (Å²) in [5, 5.41) is 20.4. The van der Waals surface area contributed by atoms with Gasteiger partial charge in [0.2, 0.25) is 0 Å². The first-order chi connectivity index (χ1) is 8.95. The average molecular weight is 267 g/mol. The second-order valence-corrected chi connectivity index (χ2v) is 3.99. The van der Waals surface area contributed by atoms with Gasteiger partial charge in [0.05, 0.1) is 12.7 Å². The average Bonchev–Trinajstić information content (AvgIpc) is 2.35. The Kier molecular flexibility index (Phi) is 5.32. The minimum Gasteiger partial charge on any atom is -0.494 e. The number of amides is 1. The summed E-state index contributed by atoms with van der Waals surface area (Å²) < 4.78 is 5.25. The molecule has 0 aliphatic rings. The fourth-order valence-corrected chi connectivity index (χ4v) is 1.51. The van der Waals surface area contributed by atoms with Gasteiger partial charge in [-0.2, -0.15) is 0 Å². The molecule has 0 saturated heterocycles. The van der Waals surface area contributed by atoms with Crippen LogP contribution in [0.3, 0.4) is 0 Å². The van der Waals surface area contributed by atoms with Gasteiger partial charge in [0.25, 0.3) is 5.91 Å². The third-order valence-electron chi connectivity index (χ3n) is 2.44. The van der Waals surface area contributed by atoms with Crippen LogP contribution in [0.5, 0.6) is 5.75 Å². The number of nitrogens with one attached hydrogen (secondary N) is 1. The molecular weight excluding hydrogens is 250 g/mol. The summed E-state index contributed by atoms with van der Waals surface area (Å²) in [5.74, 6) is -1.33. The molecular formula is C13H17NO5. The Balaban J connectivity index is 2.82. The molecule has 1 aromatic carbocycles. The highest BCUT2D eigenvalue weighted by molar-refractivity contribution is 5.97. The highest BCUT2D eigenvalue weighted by Crippen LogP contribution is 2.13. The van der Waals surface area contributed by atoms with Crippen LogP contribution in [-0.2, 0) is 4.79 Å². The fraction of sp³-hybridized carbons (Fsp3) is 0.385. The van der Waals surface area contributed by atoms with Crippen molar-refractivity contribution in [3.63, 3.8) is 0 Å². The molecule has 1 aromatic rings. The van der Waals surface area contributed by atoms with E-state index in [0.29, 0.717) is 12.4 Å². The van der Waals surface area contributed by atoms with E-state index in [0.717, 1.165) is 0 Å². The highest BCUT2D eigenvalue weighted by Gasteiger charge is 2.25. The lowest BCUT2D eigenvalue weighted by molar-refractivity contribution is -0.141. The molecule has 2 atom stereocenters. The monoisotopic (exact) mass is 267 g/mol. The Hall–Kier alpha value is -2.08. The van der Waals surface area contributed by atoms with Gasteiger partial charge in [0.1, 0.15) is 5.75 Å². The first-order valence-electron chi connectivity index (χ1n) is 5.90. The molecule has 0 saturated carbocycles. The van der Waals surface area contributed by atoms with E-state index in [1.54, 1.807) is 18.2 Å². The summed E-state index contributed by atoms with van der Waals surface area (Å²) in [4.78, 5) is 22.8. The van der Waals surface area contributed by atoms with Crippen LogP contribution in [0.4, 0.5) is 0 Å². The molecule has 0 aliphatic carbocycles. The van der Waals surface area contributed by atoms with E-state index in [2.05, 4.69) is 5.32 Å². The summed E-state index contributed by atoms with van der Waals surface area (Å²) in [6, 6.07) is 5.04. The van der Waals surface area contributed by atoms with Crippen molar-refractivity contribution < 1.29 is 24.5 Å². The van der Waals surface area contributed by atoms with E-state index in [4.69, 9.17) is 9.84 Å². The number of aliphatic hydroxyl groups is 1. The van der Waals surface area contributed by atoms with Gasteiger partial charge in [0, 0.05) is 5.56 Å². The molecule has 1 rings (SSSR count). The molecule has 0 aromatic heterocycles. The standard InChI is InChI=1S/C13H17NO5/c1-3-19-10-6-4-5-9(7-10)12(16)14-11(8(2)15)13(17)18/h4-8,11,15H,3H2,1-2H3,(H,14,16)(H,17,18). The van der Waals surface area contributed by atoms with Crippen LogP contribution in [-0.4, -0.2) is 40.8 Å². The van der Waals surface area contributed by atoms with Crippen LogP contribution in [0.2, 0.25) is 0 Å². The minimum atomic E-state index is -1.34. The van der Waals surface area contributed by atoms with Crippen molar-refractivity contribution in [2.75, 3.05) is 6.61 Å². The predicted molar refractivity (Wildman–Crippen MR) is 68.2 cm³/mol. The molecule has 6 nitrogen and oxygen atoms in total. The molecule has 1 amide bonds. The predicted octanol–water partition coefficient (Wildman–Crippen LogP) is 0.649. The van der Waals surface area contributed by atoms with Gasteiger partial charge in [-0.3, -0.25) is 4.79 Å². The third-order valence-corrected chi connectivity index (χ3v) is 2.44. The van der Waals surface area contributed by atoms with Crippen LogP contribution in [0.25, 0.3) is 0 Å². The number of benzene rings is 1. The number of ether oxygens (including phenoxy) is 1. The fourth-order valence-electron chi connectivity index (χ4n) is 1.51. The van der Waals surface area contributed by atoms with E-state index in [-0.39, 0.29) is 5.56 Å². The number of hydrogen-bond acceptors (Lipinski definition) is 4. The highest BCUT2D eigenvalue weighted by atomic mass is 16.5. The van der Waals surface area contributed by atoms with Crippen molar-refractivity contribution in [1.29, 1.82) is 0 Å². The number of rotatable bonds is 6. The maximum atomic E-state index is 11.9. The smallest absolute Gasteiger partial charge is 0.328 e. The molecule has 0 aliphatic heterocycles. The van der Waals surface area contributed by atoms with E-state index in [9.17, 15) is 14.7 Å². The van der Waals surface area contributed by atoms with Crippen LogP contribution >= 0.6 is 0 Å². The van der Waals surface area contributed by atoms with Gasteiger partial charge in [0.15, 0.2) is 6.04 Å². The summed E-state index contributed by atoms with van der Waals surface area (Å²) in [6.45, 7) is 3.59. The number of aliphatic hydroxyl groups excluding tert-OH is 1. The molecule has 104 valence electrons. The molecule has 0 radical (unpaired) electrons. The number of carbonyl (C=O) groups is 2. The van der Waals surface area contributed by atoms with Crippen molar-refractivity contribution >= 4 is 11.9 Å². The Labute approximate surface area is 111 Å². The minimum absolute atomic E-state index is 0.276. The van der Waals surface area contributed by atoms with E-state index in [1.165, 1.54) is 13.0 Å². The Morgan fingerprint density at radius 2 is 2.11 bits per heavy atom.